The van der Waals surface area contributed by atoms with Gasteiger partial charge in [-0.1, -0.05) is 56.7 Å². The second kappa shape index (κ2) is 8.58. The maximum Gasteiger partial charge on any atom is 0.255 e. The number of fused-ring (bicyclic) bond motifs is 2. The molecule has 0 bridgehead atoms. The molecule has 0 saturated heterocycles. The van der Waals surface area contributed by atoms with Crippen LogP contribution >= 0.6 is 0 Å². The number of rotatable bonds is 7. The number of amides is 2. The molecule has 2 amide bonds. The number of nitrogens with zero attached hydrogens (tertiary/aromatic N) is 2. The first kappa shape index (κ1) is 21.2. The van der Waals surface area contributed by atoms with Crippen molar-refractivity contribution >= 4 is 22.7 Å². The van der Waals surface area contributed by atoms with Gasteiger partial charge in [-0.15, -0.1) is 0 Å². The van der Waals surface area contributed by atoms with E-state index in [0.717, 1.165) is 28.5 Å². The summed E-state index contributed by atoms with van der Waals surface area (Å²) < 4.78 is 0. The molecule has 0 saturated carbocycles. The minimum Gasteiger partial charge on any atom is -0.361 e. The first-order chi connectivity index (χ1) is 15.0. The summed E-state index contributed by atoms with van der Waals surface area (Å²) in [6.07, 6.45) is 2.81. The summed E-state index contributed by atoms with van der Waals surface area (Å²) >= 11 is 0. The molecule has 1 aliphatic rings. The third-order valence-corrected chi connectivity index (χ3v) is 6.73. The Morgan fingerprint density at radius 2 is 1.71 bits per heavy atom. The van der Waals surface area contributed by atoms with Gasteiger partial charge >= 0.3 is 0 Å². The Kier molecular flexibility index (Phi) is 5.86. The summed E-state index contributed by atoms with van der Waals surface area (Å²) in [7, 11) is 0. The quantitative estimate of drug-likeness (QED) is 0.588. The Labute approximate surface area is 184 Å². The molecule has 2 heterocycles. The largest absolute Gasteiger partial charge is 0.361 e. The lowest BCUT2D eigenvalue weighted by Gasteiger charge is -2.38. The zero-order valence-electron chi connectivity index (χ0n) is 18.8. The second-order valence-corrected chi connectivity index (χ2v) is 8.33. The molecule has 1 aromatic heterocycles. The Morgan fingerprint density at radius 3 is 2.42 bits per heavy atom. The molecular weight excluding hydrogens is 386 g/mol. The van der Waals surface area contributed by atoms with Gasteiger partial charge in [0, 0.05) is 41.3 Å². The van der Waals surface area contributed by atoms with E-state index in [1.807, 2.05) is 72.3 Å². The molecule has 31 heavy (non-hydrogen) atoms. The van der Waals surface area contributed by atoms with Crippen LogP contribution < -0.4 is 0 Å². The van der Waals surface area contributed by atoms with Crippen LogP contribution in [0, 0.1) is 5.92 Å². The predicted molar refractivity (Wildman–Crippen MR) is 124 cm³/mol. The van der Waals surface area contributed by atoms with Crippen molar-refractivity contribution in [2.24, 2.45) is 5.92 Å². The van der Waals surface area contributed by atoms with Crippen molar-refractivity contribution in [1.82, 2.24) is 14.8 Å². The third-order valence-electron chi connectivity index (χ3n) is 6.73. The van der Waals surface area contributed by atoms with Crippen molar-refractivity contribution in [1.29, 1.82) is 0 Å². The minimum atomic E-state index is -0.511. The van der Waals surface area contributed by atoms with Gasteiger partial charge in [0.2, 0.25) is 5.91 Å². The highest BCUT2D eigenvalue weighted by molar-refractivity contribution is 6.03. The topological polar surface area (TPSA) is 56.4 Å². The van der Waals surface area contributed by atoms with Crippen LogP contribution in [0.4, 0.5) is 0 Å². The van der Waals surface area contributed by atoms with Crippen molar-refractivity contribution in [3.05, 3.63) is 71.4 Å². The number of hydrogen-bond donors (Lipinski definition) is 1. The van der Waals surface area contributed by atoms with E-state index in [0.29, 0.717) is 18.7 Å². The Hall–Kier alpha value is -3.08. The number of benzene rings is 2. The number of nitrogens with one attached hydrogen (secondary N) is 1. The van der Waals surface area contributed by atoms with Gasteiger partial charge in [-0.3, -0.25) is 9.59 Å². The molecule has 3 atom stereocenters. The lowest BCUT2D eigenvalue weighted by molar-refractivity contribution is -0.138. The summed E-state index contributed by atoms with van der Waals surface area (Å²) in [4.78, 5) is 34.5. The van der Waals surface area contributed by atoms with Crippen molar-refractivity contribution < 1.29 is 9.59 Å². The molecule has 0 radical (unpaired) electrons. The van der Waals surface area contributed by atoms with Gasteiger partial charge in [-0.25, -0.2) is 0 Å². The standard InChI is InChI=1S/C26H31N3O2/c1-5-17(4)23(26(31)28(6-2)7-3)29-24(19-13-8-9-14-20(19)25(29)30)21-16-27-22-15-11-10-12-18(21)22/h8-17,23-24,27H,5-7H2,1-4H3. The van der Waals surface area contributed by atoms with Crippen LogP contribution in [0.3, 0.4) is 0 Å². The number of para-hydroxylation sites is 1. The normalized spacial score (nSPS) is 17.6. The van der Waals surface area contributed by atoms with Crippen LogP contribution in [0.25, 0.3) is 10.9 Å². The number of aromatic amines is 1. The van der Waals surface area contributed by atoms with E-state index in [4.69, 9.17) is 0 Å². The van der Waals surface area contributed by atoms with Crippen molar-refractivity contribution in [2.45, 2.75) is 46.2 Å². The highest BCUT2D eigenvalue weighted by Gasteiger charge is 2.46. The Bertz CT molecular complexity index is 1100. The lowest BCUT2D eigenvalue weighted by atomic mass is 9.92. The molecule has 3 aromatic rings. The van der Waals surface area contributed by atoms with E-state index in [9.17, 15) is 9.59 Å². The summed E-state index contributed by atoms with van der Waals surface area (Å²) in [5.74, 6) is 0.0149. The molecule has 2 aromatic carbocycles. The van der Waals surface area contributed by atoms with E-state index in [1.54, 1.807) is 0 Å². The van der Waals surface area contributed by atoms with Crippen LogP contribution in [-0.4, -0.2) is 45.7 Å². The predicted octanol–water partition coefficient (Wildman–Crippen LogP) is 5.00. The number of carbonyl (C=O) groups excluding carboxylic acids is 2. The second-order valence-electron chi connectivity index (χ2n) is 8.33. The molecule has 0 aliphatic carbocycles. The Morgan fingerprint density at radius 1 is 1.03 bits per heavy atom. The summed E-state index contributed by atoms with van der Waals surface area (Å²) in [5.41, 5.74) is 3.73. The maximum atomic E-state index is 13.7. The third kappa shape index (κ3) is 3.42. The van der Waals surface area contributed by atoms with Crippen LogP contribution in [-0.2, 0) is 4.79 Å². The number of carbonyl (C=O) groups is 2. The van der Waals surface area contributed by atoms with Crippen LogP contribution in [0.2, 0.25) is 0 Å². The first-order valence-electron chi connectivity index (χ1n) is 11.3. The van der Waals surface area contributed by atoms with Gasteiger partial charge in [-0.05, 0) is 37.5 Å². The smallest absolute Gasteiger partial charge is 0.255 e. The fourth-order valence-corrected chi connectivity index (χ4v) is 4.84. The molecule has 3 unspecified atom stereocenters. The monoisotopic (exact) mass is 417 g/mol. The van der Waals surface area contributed by atoms with Gasteiger partial charge in [0.05, 0.1) is 6.04 Å². The van der Waals surface area contributed by atoms with E-state index in [-0.39, 0.29) is 23.8 Å². The van der Waals surface area contributed by atoms with Crippen LogP contribution in [0.1, 0.15) is 61.6 Å². The lowest BCUT2D eigenvalue weighted by Crippen LogP contribution is -2.53. The van der Waals surface area contributed by atoms with E-state index in [2.05, 4.69) is 24.9 Å². The molecule has 4 rings (SSSR count). The minimum absolute atomic E-state index is 0.0327. The summed E-state index contributed by atoms with van der Waals surface area (Å²) in [5, 5.41) is 1.08. The molecule has 162 valence electrons. The van der Waals surface area contributed by atoms with Gasteiger partial charge in [-0.2, -0.15) is 0 Å². The highest BCUT2D eigenvalue weighted by Crippen LogP contribution is 2.43. The summed E-state index contributed by atoms with van der Waals surface area (Å²) in [6, 6.07) is 15.1. The van der Waals surface area contributed by atoms with Crippen LogP contribution in [0.5, 0.6) is 0 Å². The van der Waals surface area contributed by atoms with Crippen LogP contribution in [0.15, 0.2) is 54.7 Å². The zero-order chi connectivity index (χ0) is 22.1. The number of likely N-dealkylation sites (N-methyl/N-ethyl adjacent to an activating group) is 1. The average molecular weight is 418 g/mol. The average Bonchev–Trinajstić information content (AvgIpc) is 3.34. The van der Waals surface area contributed by atoms with E-state index >= 15 is 0 Å². The van der Waals surface area contributed by atoms with Gasteiger partial charge in [0.15, 0.2) is 0 Å². The zero-order valence-corrected chi connectivity index (χ0v) is 18.8. The summed E-state index contributed by atoms with van der Waals surface area (Å²) in [6.45, 7) is 9.42. The number of aromatic nitrogens is 1. The SMILES string of the molecule is CCC(C)C(C(=O)N(CC)CC)N1C(=O)c2ccccc2C1c1c[nH]c2ccccc12. The first-order valence-corrected chi connectivity index (χ1v) is 11.3. The Balaban J connectivity index is 1.91. The molecule has 5 nitrogen and oxygen atoms in total. The molecular formula is C26H31N3O2. The molecule has 5 heteroatoms. The highest BCUT2D eigenvalue weighted by atomic mass is 16.2. The number of H-pyrrole nitrogens is 1. The molecule has 0 spiro atoms. The van der Waals surface area contributed by atoms with Gasteiger partial charge in [0.25, 0.3) is 5.91 Å². The fraction of sp³-hybridized carbons (Fsp3) is 0.385. The van der Waals surface area contributed by atoms with E-state index in [1.165, 1.54) is 0 Å². The fourth-order valence-electron chi connectivity index (χ4n) is 4.84. The van der Waals surface area contributed by atoms with Gasteiger partial charge in [0.1, 0.15) is 6.04 Å². The maximum absolute atomic E-state index is 13.7. The van der Waals surface area contributed by atoms with E-state index < -0.39 is 6.04 Å². The van der Waals surface area contributed by atoms with Gasteiger partial charge < -0.3 is 14.8 Å². The van der Waals surface area contributed by atoms with Crippen molar-refractivity contribution in [3.8, 4) is 0 Å². The molecule has 0 fully saturated rings. The van der Waals surface area contributed by atoms with Crippen molar-refractivity contribution in [3.63, 3.8) is 0 Å². The van der Waals surface area contributed by atoms with Crippen molar-refractivity contribution in [2.75, 3.05) is 13.1 Å². The molecule has 1 aliphatic heterocycles. The number of hydrogen-bond acceptors (Lipinski definition) is 2. The molecule has 1 N–H and O–H groups in total.